The van der Waals surface area contributed by atoms with Gasteiger partial charge in [-0.05, 0) is 43.3 Å². The summed E-state index contributed by atoms with van der Waals surface area (Å²) in [5.74, 6) is -0.930. The van der Waals surface area contributed by atoms with Crippen LogP contribution in [-0.2, 0) is 6.18 Å². The van der Waals surface area contributed by atoms with Crippen molar-refractivity contribution in [3.05, 3.63) is 72.2 Å². The smallest absolute Gasteiger partial charge is 0.305 e. The molecule has 0 saturated carbocycles. The first kappa shape index (κ1) is 19.3. The number of anilines is 1. The van der Waals surface area contributed by atoms with Gasteiger partial charge in [0.15, 0.2) is 0 Å². The molecule has 0 fully saturated rings. The first-order valence-electron chi connectivity index (χ1n) is 9.43. The Morgan fingerprint density at radius 1 is 1.06 bits per heavy atom. The normalized spacial score (nSPS) is 16.7. The maximum absolute atomic E-state index is 14.0. The number of pyridine rings is 1. The molecule has 0 unspecified atom stereocenters. The average Bonchev–Trinajstić information content (AvgIpc) is 3.35. The van der Waals surface area contributed by atoms with Gasteiger partial charge < -0.3 is 4.90 Å². The van der Waals surface area contributed by atoms with Crippen LogP contribution in [0.5, 0.6) is 0 Å². The van der Waals surface area contributed by atoms with Crippen LogP contribution in [0.3, 0.4) is 0 Å². The number of alkyl halides is 3. The summed E-state index contributed by atoms with van der Waals surface area (Å²) in [5, 5.41) is 4.33. The Hall–Kier alpha value is -3.69. The van der Waals surface area contributed by atoms with E-state index in [1.807, 2.05) is 6.92 Å². The second-order valence-electron chi connectivity index (χ2n) is 7.39. The minimum absolute atomic E-state index is 0.211. The van der Waals surface area contributed by atoms with Crippen molar-refractivity contribution in [1.29, 1.82) is 0 Å². The van der Waals surface area contributed by atoms with Gasteiger partial charge in [0.25, 0.3) is 5.91 Å². The van der Waals surface area contributed by atoms with Crippen molar-refractivity contribution >= 4 is 17.2 Å². The zero-order chi connectivity index (χ0) is 21.9. The molecule has 0 saturated heterocycles. The topological polar surface area (TPSA) is 55.4 Å². The molecule has 0 N–H and O–H groups in total. The molecule has 1 aromatic carbocycles. The van der Waals surface area contributed by atoms with E-state index in [1.54, 1.807) is 16.8 Å². The average molecular weight is 429 g/mol. The number of rotatable bonds is 2. The third-order valence-electron chi connectivity index (χ3n) is 5.39. The molecule has 0 radical (unpaired) electrons. The molecule has 158 valence electrons. The molecule has 4 heterocycles. The van der Waals surface area contributed by atoms with Crippen LogP contribution >= 0.6 is 0 Å². The monoisotopic (exact) mass is 429 g/mol. The fraction of sp³-hybridized carbons (Fsp3) is 0.190. The van der Waals surface area contributed by atoms with Gasteiger partial charge in [0.1, 0.15) is 11.3 Å². The summed E-state index contributed by atoms with van der Waals surface area (Å²) in [5.41, 5.74) is 1.37. The van der Waals surface area contributed by atoms with Crippen LogP contribution in [0.25, 0.3) is 16.8 Å². The lowest BCUT2D eigenvalue weighted by Crippen LogP contribution is -2.42. The van der Waals surface area contributed by atoms with E-state index in [-0.39, 0.29) is 12.6 Å². The quantitative estimate of drug-likeness (QED) is 0.439. The fourth-order valence-corrected chi connectivity index (χ4v) is 3.84. The fourth-order valence-electron chi connectivity index (χ4n) is 3.84. The van der Waals surface area contributed by atoms with Crippen molar-refractivity contribution in [3.63, 3.8) is 0 Å². The Bertz CT molecular complexity index is 1310. The molecule has 1 aliphatic heterocycles. The van der Waals surface area contributed by atoms with Gasteiger partial charge in [-0.3, -0.25) is 13.9 Å². The number of imidazole rings is 1. The van der Waals surface area contributed by atoms with Crippen molar-refractivity contribution in [2.75, 3.05) is 11.4 Å². The molecule has 0 aliphatic carbocycles. The molecule has 5 rings (SSSR count). The second-order valence-corrected chi connectivity index (χ2v) is 7.39. The number of amides is 1. The highest BCUT2D eigenvalue weighted by Crippen LogP contribution is 2.35. The first-order valence-corrected chi connectivity index (χ1v) is 9.43. The number of nitrogens with zero attached hydrogens (tertiary/aromatic N) is 5. The summed E-state index contributed by atoms with van der Waals surface area (Å²) >= 11 is 0. The van der Waals surface area contributed by atoms with Gasteiger partial charge in [-0.25, -0.2) is 4.98 Å². The van der Waals surface area contributed by atoms with Crippen LogP contribution in [0.1, 0.15) is 29.0 Å². The molecule has 31 heavy (non-hydrogen) atoms. The molecule has 0 spiro atoms. The molecule has 10 heteroatoms. The van der Waals surface area contributed by atoms with Crippen LogP contribution in [-0.4, -0.2) is 31.6 Å². The number of fused-ring (bicyclic) bond motifs is 2. The summed E-state index contributed by atoms with van der Waals surface area (Å²) in [6, 6.07) is 7.61. The first-order chi connectivity index (χ1) is 14.7. The molecule has 3 aromatic heterocycles. The minimum Gasteiger partial charge on any atom is -0.305 e. The van der Waals surface area contributed by atoms with Gasteiger partial charge in [0.05, 0.1) is 24.0 Å². The maximum Gasteiger partial charge on any atom is 0.416 e. The molecule has 6 nitrogen and oxygen atoms in total. The zero-order valence-corrected chi connectivity index (χ0v) is 16.1. The van der Waals surface area contributed by atoms with Crippen molar-refractivity contribution in [1.82, 2.24) is 19.2 Å². The van der Waals surface area contributed by atoms with Crippen molar-refractivity contribution in [3.8, 4) is 11.1 Å². The minimum atomic E-state index is -4.45. The van der Waals surface area contributed by atoms with Gasteiger partial charge in [-0.2, -0.15) is 22.7 Å². The molecule has 0 bridgehead atoms. The number of aromatic nitrogens is 4. The van der Waals surface area contributed by atoms with E-state index in [0.29, 0.717) is 28.2 Å². The standard InChI is InChI=1S/C21H15F4N5O/c1-12-10-28(15-5-3-14(4-6-15)21(23,24)25)20(31)19-16(8-27-30(12)19)13-2-7-18-26-9-17(22)29(18)11-13/h2-9,11-12H,10H2,1H3/t12-/m0/s1. The Morgan fingerprint density at radius 2 is 1.81 bits per heavy atom. The predicted molar refractivity (Wildman–Crippen MR) is 104 cm³/mol. The van der Waals surface area contributed by atoms with E-state index in [1.165, 1.54) is 33.8 Å². The Labute approximate surface area is 173 Å². The maximum atomic E-state index is 14.0. The summed E-state index contributed by atoms with van der Waals surface area (Å²) < 4.78 is 55.5. The Kier molecular flexibility index (Phi) is 4.14. The van der Waals surface area contributed by atoms with Crippen LogP contribution in [0.15, 0.2) is 55.0 Å². The number of carbonyl (C=O) groups excluding carboxylic acids is 1. The van der Waals surface area contributed by atoms with E-state index in [0.717, 1.165) is 18.3 Å². The lowest BCUT2D eigenvalue weighted by molar-refractivity contribution is -0.137. The predicted octanol–water partition coefficient (Wildman–Crippen LogP) is 4.58. The molecule has 1 atom stereocenters. The summed E-state index contributed by atoms with van der Waals surface area (Å²) in [4.78, 5) is 18.7. The van der Waals surface area contributed by atoms with Gasteiger partial charge in [-0.1, -0.05) is 0 Å². The Balaban J connectivity index is 1.57. The van der Waals surface area contributed by atoms with Gasteiger partial charge in [0.2, 0.25) is 5.95 Å². The third-order valence-corrected chi connectivity index (χ3v) is 5.39. The van der Waals surface area contributed by atoms with Crippen LogP contribution in [0, 0.1) is 5.95 Å². The summed E-state index contributed by atoms with van der Waals surface area (Å²) in [7, 11) is 0. The molecular formula is C21H15F4N5O. The van der Waals surface area contributed by atoms with Crippen LogP contribution < -0.4 is 4.90 Å². The van der Waals surface area contributed by atoms with E-state index in [9.17, 15) is 22.4 Å². The lowest BCUT2D eigenvalue weighted by Gasteiger charge is -2.32. The van der Waals surface area contributed by atoms with Gasteiger partial charge in [0, 0.05) is 29.6 Å². The van der Waals surface area contributed by atoms with Crippen molar-refractivity contribution in [2.24, 2.45) is 0 Å². The van der Waals surface area contributed by atoms with Crippen molar-refractivity contribution < 1.29 is 22.4 Å². The molecule has 4 aromatic rings. The molecular weight excluding hydrogens is 414 g/mol. The Morgan fingerprint density at radius 3 is 2.52 bits per heavy atom. The number of hydrogen-bond acceptors (Lipinski definition) is 3. The highest BCUT2D eigenvalue weighted by atomic mass is 19.4. The highest BCUT2D eigenvalue weighted by molar-refractivity contribution is 6.09. The third kappa shape index (κ3) is 3.06. The van der Waals surface area contributed by atoms with Gasteiger partial charge in [-0.15, -0.1) is 0 Å². The zero-order valence-electron chi connectivity index (χ0n) is 16.1. The second kappa shape index (κ2) is 6.66. The summed E-state index contributed by atoms with van der Waals surface area (Å²) in [6.45, 7) is 2.12. The van der Waals surface area contributed by atoms with E-state index >= 15 is 0 Å². The van der Waals surface area contributed by atoms with Crippen molar-refractivity contribution in [2.45, 2.75) is 19.1 Å². The van der Waals surface area contributed by atoms with Crippen LogP contribution in [0.4, 0.5) is 23.2 Å². The number of benzene rings is 1. The largest absolute Gasteiger partial charge is 0.416 e. The highest BCUT2D eigenvalue weighted by Gasteiger charge is 2.35. The molecule has 1 aliphatic rings. The van der Waals surface area contributed by atoms with Gasteiger partial charge >= 0.3 is 6.18 Å². The number of halogens is 4. The SMILES string of the molecule is C[C@H]1CN(c2ccc(C(F)(F)F)cc2)C(=O)c2c(-c3ccc4ncc(F)n4c3)cnn21. The number of hydrogen-bond donors (Lipinski definition) is 0. The number of carbonyl (C=O) groups is 1. The van der Waals surface area contributed by atoms with Crippen LogP contribution in [0.2, 0.25) is 0 Å². The molecule has 1 amide bonds. The van der Waals surface area contributed by atoms with E-state index < -0.39 is 23.6 Å². The van der Waals surface area contributed by atoms with E-state index in [2.05, 4.69) is 10.1 Å². The summed E-state index contributed by atoms with van der Waals surface area (Å²) in [6.07, 6.45) is -0.280. The van der Waals surface area contributed by atoms with E-state index in [4.69, 9.17) is 0 Å². The lowest BCUT2D eigenvalue weighted by atomic mass is 10.0.